The Labute approximate surface area is 201 Å². The van der Waals surface area contributed by atoms with Crippen molar-refractivity contribution in [2.75, 3.05) is 20.7 Å². The van der Waals surface area contributed by atoms with Crippen molar-refractivity contribution in [2.24, 2.45) is 17.3 Å². The van der Waals surface area contributed by atoms with Crippen LogP contribution in [0.4, 0.5) is 0 Å². The number of nitrogens with zero attached hydrogens (tertiary/aromatic N) is 2. The van der Waals surface area contributed by atoms with Gasteiger partial charge in [0, 0.05) is 29.5 Å². The number of hydrogen-bond acceptors (Lipinski definition) is 5. The third-order valence-electron chi connectivity index (χ3n) is 10.4. The van der Waals surface area contributed by atoms with Gasteiger partial charge in [-0.1, -0.05) is 43.3 Å². The molecular formula is C29H32N2O3. The van der Waals surface area contributed by atoms with E-state index in [4.69, 9.17) is 14.2 Å². The first-order valence-corrected chi connectivity index (χ1v) is 12.7. The van der Waals surface area contributed by atoms with Crippen molar-refractivity contribution in [1.82, 2.24) is 4.90 Å². The highest BCUT2D eigenvalue weighted by Gasteiger charge is 2.82. The van der Waals surface area contributed by atoms with Crippen LogP contribution in [0.1, 0.15) is 42.9 Å². The summed E-state index contributed by atoms with van der Waals surface area (Å²) >= 11 is 0. The molecule has 1 saturated heterocycles. The average Bonchev–Trinajstić information content (AvgIpc) is 3.22. The Bertz CT molecular complexity index is 1210. The lowest BCUT2D eigenvalue weighted by Crippen LogP contribution is -2.82. The van der Waals surface area contributed by atoms with Gasteiger partial charge in [0.15, 0.2) is 11.5 Å². The van der Waals surface area contributed by atoms with Gasteiger partial charge in [0.2, 0.25) is 0 Å². The maximum absolute atomic E-state index is 10.4. The SMILES string of the molecule is CO[C@]12C(C)C[C@@]3(C[C@@H]1C#N)[C@H]1Cc4ccc(OCc5ccccc5)c5c4[C@@]3(CCN1C)[C@H]2O5. The van der Waals surface area contributed by atoms with Gasteiger partial charge >= 0.3 is 0 Å². The van der Waals surface area contributed by atoms with E-state index in [-0.39, 0.29) is 28.8 Å². The molecule has 1 unspecified atom stereocenters. The van der Waals surface area contributed by atoms with E-state index < -0.39 is 5.60 Å². The first-order chi connectivity index (χ1) is 16.5. The quantitative estimate of drug-likeness (QED) is 0.679. The summed E-state index contributed by atoms with van der Waals surface area (Å²) < 4.78 is 19.9. The fourth-order valence-electron chi connectivity index (χ4n) is 9.19. The lowest BCUT2D eigenvalue weighted by Gasteiger charge is -2.74. The lowest BCUT2D eigenvalue weighted by molar-refractivity contribution is -0.288. The van der Waals surface area contributed by atoms with Crippen molar-refractivity contribution in [3.8, 4) is 17.6 Å². The van der Waals surface area contributed by atoms with E-state index in [1.54, 1.807) is 7.11 Å². The van der Waals surface area contributed by atoms with Crippen LogP contribution in [-0.2, 0) is 23.2 Å². The van der Waals surface area contributed by atoms with Crippen LogP contribution in [0.15, 0.2) is 42.5 Å². The molecule has 8 rings (SSSR count). The number of likely N-dealkylation sites (tertiary alicyclic amines) is 1. The van der Waals surface area contributed by atoms with Crippen molar-refractivity contribution < 1.29 is 14.2 Å². The number of piperidine rings is 1. The molecule has 176 valence electrons. The van der Waals surface area contributed by atoms with Crippen LogP contribution < -0.4 is 9.47 Å². The number of likely N-dealkylation sites (N-methyl/N-ethyl adjacent to an activating group) is 1. The van der Waals surface area contributed by atoms with Crippen molar-refractivity contribution in [2.45, 2.75) is 62.4 Å². The smallest absolute Gasteiger partial charge is 0.166 e. The second-order valence-electron chi connectivity index (χ2n) is 11.3. The highest BCUT2D eigenvalue weighted by Crippen LogP contribution is 2.77. The summed E-state index contributed by atoms with van der Waals surface area (Å²) in [5.74, 6) is 1.83. The maximum Gasteiger partial charge on any atom is 0.166 e. The van der Waals surface area contributed by atoms with E-state index in [0.717, 1.165) is 49.3 Å². The summed E-state index contributed by atoms with van der Waals surface area (Å²) in [6.45, 7) is 3.84. The average molecular weight is 457 g/mol. The Morgan fingerprint density at radius 1 is 1.18 bits per heavy atom. The molecule has 0 amide bonds. The number of rotatable bonds is 4. The van der Waals surface area contributed by atoms with Gasteiger partial charge < -0.3 is 19.1 Å². The predicted molar refractivity (Wildman–Crippen MR) is 128 cm³/mol. The topological polar surface area (TPSA) is 54.7 Å². The van der Waals surface area contributed by atoms with E-state index in [9.17, 15) is 5.26 Å². The Morgan fingerprint density at radius 3 is 2.76 bits per heavy atom. The Kier molecular flexibility index (Phi) is 4.14. The molecule has 5 nitrogen and oxygen atoms in total. The molecule has 6 aliphatic rings. The summed E-state index contributed by atoms with van der Waals surface area (Å²) in [4.78, 5) is 2.56. The monoisotopic (exact) mass is 456 g/mol. The van der Waals surface area contributed by atoms with Crippen molar-refractivity contribution in [3.63, 3.8) is 0 Å². The lowest BCUT2D eigenvalue weighted by atomic mass is 9.33. The molecule has 7 atom stereocenters. The van der Waals surface area contributed by atoms with Crippen LogP contribution in [0.25, 0.3) is 0 Å². The maximum atomic E-state index is 10.4. The molecule has 3 saturated carbocycles. The van der Waals surface area contributed by atoms with Gasteiger partial charge in [-0.2, -0.15) is 5.26 Å². The summed E-state index contributed by atoms with van der Waals surface area (Å²) in [5, 5.41) is 10.4. The van der Waals surface area contributed by atoms with Crippen LogP contribution in [0.3, 0.4) is 0 Å². The van der Waals surface area contributed by atoms with Gasteiger partial charge in [-0.3, -0.25) is 0 Å². The molecule has 4 bridgehead atoms. The van der Waals surface area contributed by atoms with Crippen molar-refractivity contribution in [3.05, 3.63) is 59.2 Å². The Morgan fingerprint density at radius 2 is 2.00 bits per heavy atom. The first-order valence-electron chi connectivity index (χ1n) is 12.7. The zero-order chi connectivity index (χ0) is 23.3. The minimum atomic E-state index is -0.596. The highest BCUT2D eigenvalue weighted by molar-refractivity contribution is 5.64. The largest absolute Gasteiger partial charge is 0.485 e. The molecule has 2 aromatic rings. The third-order valence-corrected chi connectivity index (χ3v) is 10.4. The van der Waals surface area contributed by atoms with Crippen LogP contribution in [0.5, 0.6) is 11.5 Å². The fraction of sp³-hybridized carbons (Fsp3) is 0.552. The van der Waals surface area contributed by atoms with Crippen LogP contribution in [-0.4, -0.2) is 43.3 Å². The van der Waals surface area contributed by atoms with Gasteiger partial charge in [-0.05, 0) is 62.4 Å². The Balaban J connectivity index is 1.43. The van der Waals surface area contributed by atoms with Crippen LogP contribution in [0.2, 0.25) is 0 Å². The van der Waals surface area contributed by atoms with Crippen molar-refractivity contribution in [1.29, 1.82) is 5.26 Å². The number of methoxy groups -OCH3 is 1. The first kappa shape index (κ1) is 20.8. The molecule has 5 heteroatoms. The molecule has 0 aromatic heterocycles. The Hall–Kier alpha value is -2.55. The van der Waals surface area contributed by atoms with Crippen molar-refractivity contribution >= 4 is 0 Å². The molecule has 0 radical (unpaired) electrons. The summed E-state index contributed by atoms with van der Waals surface area (Å²) in [6.07, 6.45) is 3.88. The highest BCUT2D eigenvalue weighted by atomic mass is 16.6. The number of ether oxygens (including phenoxy) is 3. The second-order valence-corrected chi connectivity index (χ2v) is 11.3. The van der Waals surface area contributed by atoms with E-state index in [1.165, 1.54) is 11.1 Å². The molecule has 2 heterocycles. The molecular weight excluding hydrogens is 424 g/mol. The van der Waals surface area contributed by atoms with E-state index in [1.807, 2.05) is 18.2 Å². The molecule has 34 heavy (non-hydrogen) atoms. The van der Waals surface area contributed by atoms with Gasteiger partial charge in [0.25, 0.3) is 0 Å². The summed E-state index contributed by atoms with van der Waals surface area (Å²) in [7, 11) is 4.07. The van der Waals surface area contributed by atoms with Gasteiger partial charge in [0.05, 0.1) is 12.0 Å². The van der Waals surface area contributed by atoms with Crippen LogP contribution >= 0.6 is 0 Å². The molecule has 2 aromatic carbocycles. The number of hydrogen-bond donors (Lipinski definition) is 0. The molecule has 2 spiro atoms. The molecule has 4 aliphatic carbocycles. The second kappa shape index (κ2) is 6.77. The minimum Gasteiger partial charge on any atom is -0.485 e. The normalized spacial score (nSPS) is 40.9. The van der Waals surface area contributed by atoms with E-state index in [2.05, 4.69) is 49.2 Å². The standard InChI is InChI=1S/C29H32N2O3/c1-18-14-27-15-21(16-30)29(18,32-3)26-28(27)11-12-31(2)23(27)13-20-9-10-22(25(34-26)24(20)28)33-17-19-7-5-4-6-8-19/h4-10,18,21,23,26H,11-15,17H2,1-3H3/t18?,21-,23-,26-,27-,28+,29-/m1/s1. The zero-order valence-electron chi connectivity index (χ0n) is 20.2. The summed E-state index contributed by atoms with van der Waals surface area (Å²) in [5.41, 5.74) is 3.23. The number of nitriles is 1. The van der Waals surface area contributed by atoms with Crippen LogP contribution in [0, 0.1) is 28.6 Å². The van der Waals surface area contributed by atoms with Gasteiger partial charge in [0.1, 0.15) is 18.3 Å². The molecule has 0 N–H and O–H groups in total. The number of fused-ring (bicyclic) bond motifs is 2. The van der Waals surface area contributed by atoms with Gasteiger partial charge in [-0.15, -0.1) is 0 Å². The minimum absolute atomic E-state index is 0.0288. The fourth-order valence-corrected chi connectivity index (χ4v) is 9.19. The van der Waals surface area contributed by atoms with Gasteiger partial charge in [-0.25, -0.2) is 0 Å². The molecule has 4 fully saturated rings. The number of benzene rings is 2. The summed E-state index contributed by atoms with van der Waals surface area (Å²) in [6, 6.07) is 17.8. The molecule has 2 aliphatic heterocycles. The van der Waals surface area contributed by atoms with E-state index in [0.29, 0.717) is 12.6 Å². The van der Waals surface area contributed by atoms with E-state index >= 15 is 0 Å². The predicted octanol–water partition coefficient (Wildman–Crippen LogP) is 4.48. The zero-order valence-corrected chi connectivity index (χ0v) is 20.2. The third kappa shape index (κ3) is 2.14.